The zero-order chi connectivity index (χ0) is 20.6. The van der Waals surface area contributed by atoms with E-state index < -0.39 is 10.2 Å². The molecule has 0 amide bonds. The van der Waals surface area contributed by atoms with E-state index in [-0.39, 0.29) is 0 Å². The smallest absolute Gasteiger partial charge is 0.361 e. The van der Waals surface area contributed by atoms with Crippen molar-refractivity contribution in [1.29, 1.82) is 0 Å². The van der Waals surface area contributed by atoms with E-state index in [9.17, 15) is 0 Å². The minimum Gasteiger partial charge on any atom is -0.383 e. The molecule has 0 fully saturated rings. The largest absolute Gasteiger partial charge is 0.383 e. The lowest BCUT2D eigenvalue weighted by Crippen LogP contribution is -2.68. The number of rotatable bonds is 4. The molecule has 0 saturated heterocycles. The van der Waals surface area contributed by atoms with Gasteiger partial charge in [-0.25, -0.2) is 23.1 Å². The molecule has 0 aliphatic heterocycles. The average molecular weight is 402 g/mol. The lowest BCUT2D eigenvalue weighted by atomic mass is 10.0. The fourth-order valence-corrected chi connectivity index (χ4v) is 2.37. The molecule has 3 aromatic rings. The van der Waals surface area contributed by atoms with Gasteiger partial charge in [-0.05, 0) is 17.7 Å². The van der Waals surface area contributed by atoms with Crippen molar-refractivity contribution in [1.82, 2.24) is 4.90 Å². The topological polar surface area (TPSA) is 107 Å². The highest BCUT2D eigenvalue weighted by Gasteiger charge is 2.17. The highest BCUT2D eigenvalue weighted by molar-refractivity contribution is 5.71. The minimum absolute atomic E-state index is 0.832. The molecule has 3 rings (SSSR count). The molecule has 7 heteroatoms. The fourth-order valence-electron chi connectivity index (χ4n) is 2.37. The van der Waals surface area contributed by atoms with Crippen LogP contribution in [-0.2, 0) is 0 Å². The number of benzene rings is 2. The van der Waals surface area contributed by atoms with Gasteiger partial charge in [0.05, 0.1) is 23.8 Å². The van der Waals surface area contributed by atoms with Crippen LogP contribution in [0.25, 0.3) is 28.5 Å². The highest BCUT2D eigenvalue weighted by atomic mass is 35.7. The van der Waals surface area contributed by atoms with Crippen molar-refractivity contribution in [3.05, 3.63) is 84.8 Å². The zero-order valence-electron chi connectivity index (χ0n) is 15.4. The van der Waals surface area contributed by atoms with Crippen LogP contribution in [0.15, 0.2) is 83.4 Å². The van der Waals surface area contributed by atoms with Crippen LogP contribution in [0.2, 0.25) is 0 Å². The summed E-state index contributed by atoms with van der Waals surface area (Å²) in [4.78, 5) is 1.99. The fraction of sp³-hybridized carbons (Fsp3) is 0.0952. The molecule has 0 saturated carbocycles. The lowest BCUT2D eigenvalue weighted by Gasteiger charge is -2.17. The molecule has 0 atom stereocenters. The van der Waals surface area contributed by atoms with Gasteiger partial charge in [0, 0.05) is 25.9 Å². The van der Waals surface area contributed by atoms with Gasteiger partial charge >= 0.3 is 11.5 Å². The first-order chi connectivity index (χ1) is 13.2. The SMILES string of the molecule is CN(C)C=Cc1cc(-c2ccccc2)cc(-c2ccccc2)[o+]1.[O-][Cl+3]([O-])([O-])[O-]. The molecule has 0 bridgehead atoms. The molecule has 28 heavy (non-hydrogen) atoms. The molecule has 0 spiro atoms. The number of nitrogens with zero attached hydrogens (tertiary/aromatic N) is 1. The summed E-state index contributed by atoms with van der Waals surface area (Å²) in [6.45, 7) is 0. The van der Waals surface area contributed by atoms with Crippen LogP contribution in [0, 0.1) is 10.2 Å². The van der Waals surface area contributed by atoms with Gasteiger partial charge in [-0.15, -0.1) is 10.2 Å². The summed E-state index contributed by atoms with van der Waals surface area (Å²) in [5.74, 6) is 1.70. The Balaban J connectivity index is 0.000000500. The normalized spacial score (nSPS) is 11.1. The van der Waals surface area contributed by atoms with Crippen LogP contribution in [0.4, 0.5) is 0 Å². The zero-order valence-corrected chi connectivity index (χ0v) is 16.2. The molecular weight excluding hydrogens is 382 g/mol. The van der Waals surface area contributed by atoms with Crippen molar-refractivity contribution < 1.29 is 33.3 Å². The van der Waals surface area contributed by atoms with Crippen LogP contribution >= 0.6 is 0 Å². The van der Waals surface area contributed by atoms with Crippen molar-refractivity contribution in [2.45, 2.75) is 0 Å². The Hall–Kier alpha value is -2.74. The van der Waals surface area contributed by atoms with Gasteiger partial charge < -0.3 is 4.90 Å². The van der Waals surface area contributed by atoms with E-state index in [2.05, 4.69) is 48.5 Å². The third-order valence-electron chi connectivity index (χ3n) is 3.51. The summed E-state index contributed by atoms with van der Waals surface area (Å²) in [5, 5.41) is 0. The molecule has 146 valence electrons. The molecule has 1 aromatic heterocycles. The maximum absolute atomic E-state index is 8.49. The molecule has 0 aliphatic carbocycles. The highest BCUT2D eigenvalue weighted by Crippen LogP contribution is 2.28. The first-order valence-electron chi connectivity index (χ1n) is 8.28. The Kier molecular flexibility index (Phi) is 7.69. The van der Waals surface area contributed by atoms with Gasteiger partial charge in [-0.2, -0.15) is 0 Å². The van der Waals surface area contributed by atoms with Crippen LogP contribution in [0.3, 0.4) is 0 Å². The summed E-state index contributed by atoms with van der Waals surface area (Å²) < 4.78 is 40.0. The second-order valence-corrected chi connectivity index (χ2v) is 6.76. The Morgan fingerprint density at radius 2 is 1.25 bits per heavy atom. The molecule has 1 heterocycles. The lowest BCUT2D eigenvalue weighted by molar-refractivity contribution is -2.00. The predicted molar refractivity (Wildman–Crippen MR) is 96.7 cm³/mol. The van der Waals surface area contributed by atoms with Gasteiger partial charge in [0.15, 0.2) is 0 Å². The number of hydrogen-bond donors (Lipinski definition) is 0. The van der Waals surface area contributed by atoms with Crippen LogP contribution < -0.4 is 18.6 Å². The number of hydrogen-bond acceptors (Lipinski definition) is 5. The van der Waals surface area contributed by atoms with Crippen molar-refractivity contribution in [2.75, 3.05) is 14.1 Å². The second-order valence-electron chi connectivity index (χ2n) is 6.00. The first-order valence-corrected chi connectivity index (χ1v) is 9.51. The molecular formula is C21H20ClNO5. The van der Waals surface area contributed by atoms with Crippen LogP contribution in [0.1, 0.15) is 5.76 Å². The van der Waals surface area contributed by atoms with Gasteiger partial charge in [0.2, 0.25) is 0 Å². The summed E-state index contributed by atoms with van der Waals surface area (Å²) >= 11 is 0. The van der Waals surface area contributed by atoms with Gasteiger partial charge in [0.1, 0.15) is 0 Å². The van der Waals surface area contributed by atoms with Gasteiger partial charge in [0.25, 0.3) is 0 Å². The van der Waals surface area contributed by atoms with E-state index in [1.165, 1.54) is 5.56 Å². The van der Waals surface area contributed by atoms with Crippen LogP contribution in [-0.4, -0.2) is 19.0 Å². The standard InChI is InChI=1S/C21H20NO.ClHO4/c1-22(2)14-13-20-15-19(17-9-5-3-6-10-17)16-21(23-20)18-11-7-4-8-12-18;2-1(3,4)5/h3-16H,1-2H3;(H,2,3,4,5)/q+1;/p-1. The van der Waals surface area contributed by atoms with E-state index in [1.807, 2.05) is 55.5 Å². The Morgan fingerprint density at radius 1 is 0.750 bits per heavy atom. The maximum Gasteiger partial charge on any atom is 0.361 e. The second kappa shape index (κ2) is 9.98. The predicted octanol–water partition coefficient (Wildman–Crippen LogP) is 0.671. The molecule has 0 aliphatic rings. The summed E-state index contributed by atoms with van der Waals surface area (Å²) in [6, 6.07) is 24.7. The minimum atomic E-state index is -4.94. The molecule has 6 nitrogen and oxygen atoms in total. The van der Waals surface area contributed by atoms with Crippen molar-refractivity contribution in [2.24, 2.45) is 0 Å². The summed E-state index contributed by atoms with van der Waals surface area (Å²) in [5.41, 5.74) is 3.40. The first kappa shape index (κ1) is 21.6. The van der Waals surface area contributed by atoms with E-state index in [0.717, 1.165) is 22.6 Å². The van der Waals surface area contributed by atoms with Crippen molar-refractivity contribution in [3.63, 3.8) is 0 Å². The molecule has 0 N–H and O–H groups in total. The summed E-state index contributed by atoms with van der Waals surface area (Å²) in [6.07, 6.45) is 3.97. The number of halogens is 1. The van der Waals surface area contributed by atoms with Crippen LogP contribution in [0.5, 0.6) is 0 Å². The molecule has 2 aromatic carbocycles. The van der Waals surface area contributed by atoms with E-state index in [1.54, 1.807) is 0 Å². The average Bonchev–Trinajstić information content (AvgIpc) is 2.66. The Morgan fingerprint density at radius 3 is 1.75 bits per heavy atom. The molecule has 0 unspecified atom stereocenters. The van der Waals surface area contributed by atoms with E-state index in [0.29, 0.717) is 0 Å². The Labute approximate surface area is 166 Å². The van der Waals surface area contributed by atoms with Gasteiger partial charge in [-0.3, -0.25) is 0 Å². The summed E-state index contributed by atoms with van der Waals surface area (Å²) in [7, 11) is -0.953. The van der Waals surface area contributed by atoms with Gasteiger partial charge in [-0.1, -0.05) is 48.5 Å². The maximum atomic E-state index is 8.49. The third kappa shape index (κ3) is 7.87. The molecule has 0 radical (unpaired) electrons. The van der Waals surface area contributed by atoms with Crippen molar-refractivity contribution >= 4 is 6.08 Å². The Bertz CT molecular complexity index is 830. The third-order valence-corrected chi connectivity index (χ3v) is 3.51. The van der Waals surface area contributed by atoms with Crippen molar-refractivity contribution in [3.8, 4) is 22.5 Å². The van der Waals surface area contributed by atoms with E-state index in [4.69, 9.17) is 23.1 Å². The monoisotopic (exact) mass is 401 g/mol. The quantitative estimate of drug-likeness (QED) is 0.595. The van der Waals surface area contributed by atoms with E-state index >= 15 is 0 Å².